The van der Waals surface area contributed by atoms with Crippen LogP contribution in [0.1, 0.15) is 34.1 Å². The highest BCUT2D eigenvalue weighted by Gasteiger charge is 2.28. The van der Waals surface area contributed by atoms with Crippen molar-refractivity contribution in [3.8, 4) is 5.75 Å². The molecule has 0 bridgehead atoms. The molecule has 1 N–H and O–H groups in total. The van der Waals surface area contributed by atoms with E-state index in [9.17, 15) is 4.79 Å². The first-order valence-corrected chi connectivity index (χ1v) is 9.85. The second-order valence-electron chi connectivity index (χ2n) is 7.58. The van der Waals surface area contributed by atoms with Crippen LogP contribution in [0.3, 0.4) is 0 Å². The number of piperazine rings is 1. The Kier molecular flexibility index (Phi) is 7.74. The number of benzene rings is 1. The maximum Gasteiger partial charge on any atom is 0.237 e. The Labute approximate surface area is 162 Å². The van der Waals surface area contributed by atoms with Gasteiger partial charge < -0.3 is 10.1 Å². The highest BCUT2D eigenvalue weighted by atomic mass is 35.5. The summed E-state index contributed by atoms with van der Waals surface area (Å²) in [6.07, 6.45) is 0.923. The molecule has 1 atom stereocenters. The van der Waals surface area contributed by atoms with Crippen molar-refractivity contribution in [2.45, 2.75) is 45.7 Å². The van der Waals surface area contributed by atoms with Crippen LogP contribution in [0, 0.1) is 0 Å². The van der Waals surface area contributed by atoms with Crippen molar-refractivity contribution in [1.29, 1.82) is 0 Å². The Morgan fingerprint density at radius 1 is 1.23 bits per heavy atom. The average Bonchev–Trinajstić information content (AvgIpc) is 2.63. The van der Waals surface area contributed by atoms with Crippen molar-refractivity contribution in [3.05, 3.63) is 29.3 Å². The molecule has 1 unspecified atom stereocenters. The summed E-state index contributed by atoms with van der Waals surface area (Å²) in [7, 11) is 0. The normalized spacial score (nSPS) is 17.7. The lowest BCUT2D eigenvalue weighted by molar-refractivity contribution is -0.128. The zero-order valence-electron chi connectivity index (χ0n) is 16.4. The van der Waals surface area contributed by atoms with Crippen molar-refractivity contribution < 1.29 is 9.53 Å². The first kappa shape index (κ1) is 21.0. The minimum atomic E-state index is -0.147. The molecule has 0 spiro atoms. The molecular formula is C20H32ClN3O2. The maximum atomic E-state index is 12.5. The molecule has 0 aliphatic carbocycles. The summed E-state index contributed by atoms with van der Waals surface area (Å²) in [5.74, 6) is 0.966. The van der Waals surface area contributed by atoms with Gasteiger partial charge in [0.2, 0.25) is 5.91 Å². The highest BCUT2D eigenvalue weighted by Crippen LogP contribution is 2.16. The van der Waals surface area contributed by atoms with Gasteiger partial charge in [0.1, 0.15) is 12.4 Å². The Balaban J connectivity index is 1.69. The lowest BCUT2D eigenvalue weighted by atomic mass is 10.0. The average molecular weight is 382 g/mol. The lowest BCUT2D eigenvalue weighted by Gasteiger charge is -2.38. The Morgan fingerprint density at radius 2 is 1.85 bits per heavy atom. The summed E-state index contributed by atoms with van der Waals surface area (Å²) in [6, 6.07) is 7.36. The fourth-order valence-electron chi connectivity index (χ4n) is 2.89. The summed E-state index contributed by atoms with van der Waals surface area (Å²) in [5, 5.41) is 3.86. The Morgan fingerprint density at radius 3 is 2.42 bits per heavy atom. The van der Waals surface area contributed by atoms with Gasteiger partial charge in [-0.25, -0.2) is 0 Å². The molecule has 1 fully saturated rings. The van der Waals surface area contributed by atoms with Crippen LogP contribution < -0.4 is 10.1 Å². The van der Waals surface area contributed by atoms with E-state index in [-0.39, 0.29) is 17.5 Å². The van der Waals surface area contributed by atoms with Gasteiger partial charge >= 0.3 is 0 Å². The molecule has 1 saturated heterocycles. The number of nitrogens with one attached hydrogen (secondary N) is 1. The third-order valence-electron chi connectivity index (χ3n) is 5.17. The summed E-state index contributed by atoms with van der Waals surface area (Å²) in [6.45, 7) is 13.5. The van der Waals surface area contributed by atoms with Crippen molar-refractivity contribution in [2.75, 3.05) is 39.3 Å². The molecule has 6 heteroatoms. The molecule has 5 nitrogen and oxygen atoms in total. The van der Waals surface area contributed by atoms with Crippen LogP contribution in [-0.4, -0.2) is 66.6 Å². The minimum absolute atomic E-state index is 0.0895. The number of rotatable bonds is 8. The Hall–Kier alpha value is -1.30. The van der Waals surface area contributed by atoms with Crippen molar-refractivity contribution >= 4 is 17.5 Å². The first-order chi connectivity index (χ1) is 12.3. The van der Waals surface area contributed by atoms with Gasteiger partial charge in [-0.1, -0.05) is 18.5 Å². The van der Waals surface area contributed by atoms with Crippen LogP contribution in [0.4, 0.5) is 0 Å². The fraction of sp³-hybridized carbons (Fsp3) is 0.650. The molecular weight excluding hydrogens is 350 g/mol. The SMILES string of the molecule is CCC(C)(C)NC(=O)C(C)N1CCN(CCOc2ccc(Cl)cc2)CC1. The number of ether oxygens (including phenoxy) is 1. The molecule has 1 aromatic carbocycles. The van der Waals surface area contributed by atoms with E-state index in [1.165, 1.54) is 0 Å². The number of carbonyl (C=O) groups is 1. The fourth-order valence-corrected chi connectivity index (χ4v) is 3.02. The molecule has 2 rings (SSSR count). The third kappa shape index (κ3) is 6.45. The van der Waals surface area contributed by atoms with Crippen LogP contribution in [0.15, 0.2) is 24.3 Å². The van der Waals surface area contributed by atoms with Gasteiger partial charge in [-0.2, -0.15) is 0 Å². The zero-order chi connectivity index (χ0) is 19.2. The van der Waals surface area contributed by atoms with E-state index in [1.807, 2.05) is 31.2 Å². The predicted octanol–water partition coefficient (Wildman–Crippen LogP) is 3.03. The van der Waals surface area contributed by atoms with E-state index in [0.29, 0.717) is 11.6 Å². The molecule has 1 aliphatic rings. The quantitative estimate of drug-likeness (QED) is 0.751. The van der Waals surface area contributed by atoms with E-state index in [1.54, 1.807) is 0 Å². The smallest absolute Gasteiger partial charge is 0.237 e. The molecule has 1 amide bonds. The monoisotopic (exact) mass is 381 g/mol. The number of halogens is 1. The van der Waals surface area contributed by atoms with Crippen molar-refractivity contribution in [1.82, 2.24) is 15.1 Å². The number of nitrogens with zero attached hydrogens (tertiary/aromatic N) is 2. The van der Waals surface area contributed by atoms with Crippen LogP contribution in [0.25, 0.3) is 0 Å². The van der Waals surface area contributed by atoms with Crippen molar-refractivity contribution in [3.63, 3.8) is 0 Å². The maximum absolute atomic E-state index is 12.5. The van der Waals surface area contributed by atoms with Gasteiger partial charge in [0.15, 0.2) is 0 Å². The van der Waals surface area contributed by atoms with Crippen LogP contribution >= 0.6 is 11.6 Å². The van der Waals surface area contributed by atoms with E-state index in [4.69, 9.17) is 16.3 Å². The summed E-state index contributed by atoms with van der Waals surface area (Å²) >= 11 is 5.88. The number of hydrogen-bond acceptors (Lipinski definition) is 4. The predicted molar refractivity (Wildman–Crippen MR) is 107 cm³/mol. The van der Waals surface area contributed by atoms with Gasteiger partial charge in [0.25, 0.3) is 0 Å². The molecule has 146 valence electrons. The summed E-state index contributed by atoms with van der Waals surface area (Å²) in [5.41, 5.74) is -0.147. The van der Waals surface area contributed by atoms with Gasteiger partial charge in [0.05, 0.1) is 6.04 Å². The number of carbonyl (C=O) groups excluding carboxylic acids is 1. The standard InChI is InChI=1S/C20H32ClN3O2/c1-5-20(3,4)22-19(25)16(2)24-12-10-23(11-13-24)14-15-26-18-8-6-17(21)7-9-18/h6-9,16H,5,10-15H2,1-4H3,(H,22,25). The van der Waals surface area contributed by atoms with Crippen LogP contribution in [0.2, 0.25) is 5.02 Å². The lowest BCUT2D eigenvalue weighted by Crippen LogP contribution is -2.56. The van der Waals surface area contributed by atoms with E-state index in [2.05, 4.69) is 35.9 Å². The van der Waals surface area contributed by atoms with Crippen molar-refractivity contribution in [2.24, 2.45) is 0 Å². The zero-order valence-corrected chi connectivity index (χ0v) is 17.2. The molecule has 1 aromatic rings. The van der Waals surface area contributed by atoms with Gasteiger partial charge in [0, 0.05) is 43.3 Å². The van der Waals surface area contributed by atoms with E-state index in [0.717, 1.165) is 44.9 Å². The number of hydrogen-bond donors (Lipinski definition) is 1. The topological polar surface area (TPSA) is 44.8 Å². The Bertz CT molecular complexity index is 569. The van der Waals surface area contributed by atoms with Gasteiger partial charge in [-0.05, 0) is 51.5 Å². The molecule has 1 aliphatic heterocycles. The molecule has 0 aromatic heterocycles. The van der Waals surface area contributed by atoms with Crippen LogP contribution in [0.5, 0.6) is 5.75 Å². The second kappa shape index (κ2) is 9.58. The highest BCUT2D eigenvalue weighted by molar-refractivity contribution is 6.30. The molecule has 0 radical (unpaired) electrons. The van der Waals surface area contributed by atoms with Crippen LogP contribution in [-0.2, 0) is 4.79 Å². The van der Waals surface area contributed by atoms with E-state index >= 15 is 0 Å². The number of amides is 1. The summed E-state index contributed by atoms with van der Waals surface area (Å²) in [4.78, 5) is 17.1. The molecule has 26 heavy (non-hydrogen) atoms. The minimum Gasteiger partial charge on any atom is -0.492 e. The summed E-state index contributed by atoms with van der Waals surface area (Å²) < 4.78 is 5.77. The molecule has 1 heterocycles. The largest absolute Gasteiger partial charge is 0.492 e. The third-order valence-corrected chi connectivity index (χ3v) is 5.42. The first-order valence-electron chi connectivity index (χ1n) is 9.47. The van der Waals surface area contributed by atoms with E-state index < -0.39 is 0 Å². The van der Waals surface area contributed by atoms with Gasteiger partial charge in [-0.3, -0.25) is 14.6 Å². The van der Waals surface area contributed by atoms with Gasteiger partial charge in [-0.15, -0.1) is 0 Å². The molecule has 0 saturated carbocycles. The second-order valence-corrected chi connectivity index (χ2v) is 8.02.